The summed E-state index contributed by atoms with van der Waals surface area (Å²) in [5.74, 6) is 0.0469. The molecule has 0 saturated carbocycles. The highest BCUT2D eigenvalue weighted by Crippen LogP contribution is 2.18. The standard InChI is InChI=1S/C15H10BrNO/c16-13-4-1-10(2-5-13)15(18)12-3-6-14-11(9-12)7-8-17-14/h1-9,17H. The lowest BCUT2D eigenvalue weighted by Gasteiger charge is -2.02. The molecule has 18 heavy (non-hydrogen) atoms. The average Bonchev–Trinajstić information content (AvgIpc) is 2.86. The summed E-state index contributed by atoms with van der Waals surface area (Å²) >= 11 is 3.36. The monoisotopic (exact) mass is 299 g/mol. The quantitative estimate of drug-likeness (QED) is 0.708. The van der Waals surface area contributed by atoms with Gasteiger partial charge in [0.15, 0.2) is 5.78 Å². The minimum Gasteiger partial charge on any atom is -0.361 e. The van der Waals surface area contributed by atoms with Crippen molar-refractivity contribution in [1.29, 1.82) is 0 Å². The van der Waals surface area contributed by atoms with E-state index >= 15 is 0 Å². The van der Waals surface area contributed by atoms with E-state index in [-0.39, 0.29) is 5.78 Å². The van der Waals surface area contributed by atoms with E-state index in [0.29, 0.717) is 11.1 Å². The number of ketones is 1. The van der Waals surface area contributed by atoms with Crippen molar-refractivity contribution < 1.29 is 4.79 Å². The molecule has 2 nitrogen and oxygen atoms in total. The summed E-state index contributed by atoms with van der Waals surface area (Å²) in [6.07, 6.45) is 1.87. The van der Waals surface area contributed by atoms with Crippen LogP contribution < -0.4 is 0 Å². The van der Waals surface area contributed by atoms with Gasteiger partial charge >= 0.3 is 0 Å². The summed E-state index contributed by atoms with van der Waals surface area (Å²) < 4.78 is 0.972. The van der Waals surface area contributed by atoms with Crippen LogP contribution in [-0.4, -0.2) is 10.8 Å². The molecular formula is C15H10BrNO. The maximum Gasteiger partial charge on any atom is 0.193 e. The number of hydrogen-bond acceptors (Lipinski definition) is 1. The van der Waals surface area contributed by atoms with E-state index in [0.717, 1.165) is 15.4 Å². The molecule has 0 saturated heterocycles. The summed E-state index contributed by atoms with van der Waals surface area (Å²) in [6.45, 7) is 0. The topological polar surface area (TPSA) is 32.9 Å². The number of H-pyrrole nitrogens is 1. The second-order valence-electron chi connectivity index (χ2n) is 4.12. The molecule has 3 aromatic rings. The maximum atomic E-state index is 12.3. The Morgan fingerprint density at radius 1 is 0.944 bits per heavy atom. The third-order valence-electron chi connectivity index (χ3n) is 2.92. The summed E-state index contributed by atoms with van der Waals surface area (Å²) in [5, 5.41) is 1.05. The fourth-order valence-corrected chi connectivity index (χ4v) is 2.23. The van der Waals surface area contributed by atoms with Crippen molar-refractivity contribution in [3.63, 3.8) is 0 Å². The molecule has 1 N–H and O–H groups in total. The summed E-state index contributed by atoms with van der Waals surface area (Å²) in [6, 6.07) is 15.1. The summed E-state index contributed by atoms with van der Waals surface area (Å²) in [7, 11) is 0. The van der Waals surface area contributed by atoms with Crippen LogP contribution in [0.2, 0.25) is 0 Å². The number of carbonyl (C=O) groups is 1. The molecule has 2 aromatic carbocycles. The van der Waals surface area contributed by atoms with Crippen LogP contribution in [-0.2, 0) is 0 Å². The highest BCUT2D eigenvalue weighted by Gasteiger charge is 2.09. The van der Waals surface area contributed by atoms with Crippen molar-refractivity contribution in [3.8, 4) is 0 Å². The Hall–Kier alpha value is -1.87. The number of fused-ring (bicyclic) bond motifs is 1. The zero-order valence-corrected chi connectivity index (χ0v) is 11.1. The van der Waals surface area contributed by atoms with Crippen LogP contribution in [0.25, 0.3) is 10.9 Å². The minimum absolute atomic E-state index is 0.0469. The normalized spacial score (nSPS) is 10.7. The van der Waals surface area contributed by atoms with Gasteiger partial charge in [-0.15, -0.1) is 0 Å². The molecule has 0 atom stereocenters. The third kappa shape index (κ3) is 1.97. The van der Waals surface area contributed by atoms with Crippen LogP contribution in [0.5, 0.6) is 0 Å². The van der Waals surface area contributed by atoms with Gasteiger partial charge in [-0.3, -0.25) is 4.79 Å². The van der Waals surface area contributed by atoms with Crippen LogP contribution in [0.4, 0.5) is 0 Å². The molecule has 0 aliphatic rings. The Bertz CT molecular complexity index is 713. The van der Waals surface area contributed by atoms with Crippen molar-refractivity contribution in [1.82, 2.24) is 4.98 Å². The van der Waals surface area contributed by atoms with E-state index in [9.17, 15) is 4.79 Å². The summed E-state index contributed by atoms with van der Waals surface area (Å²) in [5.41, 5.74) is 2.46. The van der Waals surface area contributed by atoms with Gasteiger partial charge in [-0.05, 0) is 48.5 Å². The second kappa shape index (κ2) is 4.42. The predicted octanol–water partition coefficient (Wildman–Crippen LogP) is 4.16. The number of aromatic amines is 1. The van der Waals surface area contributed by atoms with Crippen LogP contribution in [0.15, 0.2) is 59.2 Å². The second-order valence-corrected chi connectivity index (χ2v) is 5.03. The Morgan fingerprint density at radius 3 is 2.44 bits per heavy atom. The van der Waals surface area contributed by atoms with E-state index in [4.69, 9.17) is 0 Å². The average molecular weight is 300 g/mol. The lowest BCUT2D eigenvalue weighted by Crippen LogP contribution is -2.00. The Kier molecular flexibility index (Phi) is 2.76. The van der Waals surface area contributed by atoms with Crippen LogP contribution in [0, 0.1) is 0 Å². The molecular weight excluding hydrogens is 290 g/mol. The van der Waals surface area contributed by atoms with Crippen LogP contribution in [0.1, 0.15) is 15.9 Å². The van der Waals surface area contributed by atoms with Gasteiger partial charge < -0.3 is 4.98 Å². The first kappa shape index (κ1) is 11.2. The van der Waals surface area contributed by atoms with Crippen LogP contribution >= 0.6 is 15.9 Å². The first-order valence-corrected chi connectivity index (χ1v) is 6.41. The highest BCUT2D eigenvalue weighted by atomic mass is 79.9. The maximum absolute atomic E-state index is 12.3. The van der Waals surface area contributed by atoms with Crippen molar-refractivity contribution in [2.75, 3.05) is 0 Å². The fraction of sp³-hybridized carbons (Fsp3) is 0. The lowest BCUT2D eigenvalue weighted by atomic mass is 10.0. The number of benzene rings is 2. The fourth-order valence-electron chi connectivity index (χ4n) is 1.96. The van der Waals surface area contributed by atoms with Gasteiger partial charge in [-0.2, -0.15) is 0 Å². The minimum atomic E-state index is 0.0469. The van der Waals surface area contributed by atoms with Gasteiger partial charge in [-0.1, -0.05) is 15.9 Å². The Morgan fingerprint density at radius 2 is 1.67 bits per heavy atom. The number of carbonyl (C=O) groups excluding carboxylic acids is 1. The molecule has 3 rings (SSSR count). The van der Waals surface area contributed by atoms with E-state index in [1.54, 1.807) is 0 Å². The van der Waals surface area contributed by atoms with Gasteiger partial charge in [0.05, 0.1) is 0 Å². The molecule has 0 aliphatic carbocycles. The highest BCUT2D eigenvalue weighted by molar-refractivity contribution is 9.10. The first-order chi connectivity index (χ1) is 8.74. The van der Waals surface area contributed by atoms with Gasteiger partial charge in [0.25, 0.3) is 0 Å². The molecule has 1 aromatic heterocycles. The molecule has 0 aliphatic heterocycles. The van der Waals surface area contributed by atoms with Crippen molar-refractivity contribution in [2.45, 2.75) is 0 Å². The van der Waals surface area contributed by atoms with E-state index < -0.39 is 0 Å². The molecule has 1 heterocycles. The summed E-state index contributed by atoms with van der Waals surface area (Å²) in [4.78, 5) is 15.4. The molecule has 3 heteroatoms. The number of rotatable bonds is 2. The van der Waals surface area contributed by atoms with Gasteiger partial charge in [-0.25, -0.2) is 0 Å². The zero-order chi connectivity index (χ0) is 12.5. The van der Waals surface area contributed by atoms with Crippen molar-refractivity contribution in [2.24, 2.45) is 0 Å². The molecule has 0 spiro atoms. The van der Waals surface area contributed by atoms with Gasteiger partial charge in [0.1, 0.15) is 0 Å². The molecule has 0 radical (unpaired) electrons. The van der Waals surface area contributed by atoms with Crippen molar-refractivity contribution >= 4 is 32.6 Å². The van der Waals surface area contributed by atoms with E-state index in [1.165, 1.54) is 0 Å². The SMILES string of the molecule is O=C(c1ccc(Br)cc1)c1ccc2[nH]ccc2c1. The number of halogens is 1. The van der Waals surface area contributed by atoms with Gasteiger partial charge in [0.2, 0.25) is 0 Å². The number of hydrogen-bond donors (Lipinski definition) is 1. The molecule has 0 bridgehead atoms. The lowest BCUT2D eigenvalue weighted by molar-refractivity contribution is 0.103. The Balaban J connectivity index is 2.03. The van der Waals surface area contributed by atoms with Gasteiger partial charge in [0, 0.05) is 32.7 Å². The smallest absolute Gasteiger partial charge is 0.193 e. The Labute approximate surface area is 113 Å². The zero-order valence-electron chi connectivity index (χ0n) is 9.48. The molecule has 0 fully saturated rings. The molecule has 0 unspecified atom stereocenters. The van der Waals surface area contributed by atoms with E-state index in [1.807, 2.05) is 54.7 Å². The number of nitrogens with one attached hydrogen (secondary N) is 1. The van der Waals surface area contributed by atoms with Crippen molar-refractivity contribution in [3.05, 3.63) is 70.3 Å². The van der Waals surface area contributed by atoms with Crippen LogP contribution in [0.3, 0.4) is 0 Å². The largest absolute Gasteiger partial charge is 0.361 e. The predicted molar refractivity (Wildman–Crippen MR) is 75.9 cm³/mol. The first-order valence-electron chi connectivity index (χ1n) is 5.61. The number of aromatic nitrogens is 1. The third-order valence-corrected chi connectivity index (χ3v) is 3.45. The molecule has 88 valence electrons. The van der Waals surface area contributed by atoms with E-state index in [2.05, 4.69) is 20.9 Å². The molecule has 0 amide bonds.